The van der Waals surface area contributed by atoms with Gasteiger partial charge in [0.15, 0.2) is 6.10 Å². The Labute approximate surface area is 149 Å². The van der Waals surface area contributed by atoms with E-state index >= 15 is 0 Å². The summed E-state index contributed by atoms with van der Waals surface area (Å²) in [6, 6.07) is 12.3. The number of esters is 1. The lowest BCUT2D eigenvalue weighted by Crippen LogP contribution is -2.30. The van der Waals surface area contributed by atoms with Crippen molar-refractivity contribution >= 4 is 33.5 Å². The third kappa shape index (κ3) is 4.35. The highest BCUT2D eigenvalue weighted by molar-refractivity contribution is 9.10. The fourth-order valence-electron chi connectivity index (χ4n) is 2.01. The molecule has 1 atom stereocenters. The number of para-hydroxylation sites is 1. The normalized spacial score (nSPS) is 11.5. The highest BCUT2D eigenvalue weighted by atomic mass is 79.9. The van der Waals surface area contributed by atoms with E-state index in [-0.39, 0.29) is 0 Å². The second-order valence-electron chi connectivity index (χ2n) is 5.20. The SMILES string of the molecule is COc1ccc(Br)c(C(=O)OC(C)C(=O)Nc2ccccc2C)c1. The zero-order valence-electron chi connectivity index (χ0n) is 13.6. The van der Waals surface area contributed by atoms with Crippen LogP contribution in [0.2, 0.25) is 0 Å². The number of halogens is 1. The van der Waals surface area contributed by atoms with Gasteiger partial charge < -0.3 is 14.8 Å². The summed E-state index contributed by atoms with van der Waals surface area (Å²) in [6.45, 7) is 3.42. The molecule has 2 rings (SSSR count). The Bertz CT molecular complexity index is 760. The minimum Gasteiger partial charge on any atom is -0.497 e. The summed E-state index contributed by atoms with van der Waals surface area (Å²) in [7, 11) is 1.51. The Morgan fingerprint density at radius 2 is 1.88 bits per heavy atom. The molecular formula is C18H18BrNO4. The number of anilines is 1. The summed E-state index contributed by atoms with van der Waals surface area (Å²) < 4.78 is 10.9. The lowest BCUT2D eigenvalue weighted by Gasteiger charge is -2.15. The number of nitrogens with one attached hydrogen (secondary N) is 1. The van der Waals surface area contributed by atoms with Crippen molar-refractivity contribution in [3.05, 3.63) is 58.1 Å². The van der Waals surface area contributed by atoms with Crippen LogP contribution in [0.5, 0.6) is 5.75 Å². The zero-order chi connectivity index (χ0) is 17.7. The molecule has 0 radical (unpaired) electrons. The standard InChI is InChI=1S/C18H18BrNO4/c1-11-6-4-5-7-16(11)20-17(21)12(2)24-18(22)14-10-13(23-3)8-9-15(14)19/h4-10,12H,1-3H3,(H,20,21). The highest BCUT2D eigenvalue weighted by Crippen LogP contribution is 2.23. The minimum atomic E-state index is -0.935. The Morgan fingerprint density at radius 3 is 2.54 bits per heavy atom. The van der Waals surface area contributed by atoms with Gasteiger partial charge in [-0.15, -0.1) is 0 Å². The average molecular weight is 392 g/mol. The number of hydrogen-bond donors (Lipinski definition) is 1. The van der Waals surface area contributed by atoms with Crippen LogP contribution >= 0.6 is 15.9 Å². The van der Waals surface area contributed by atoms with Crippen LogP contribution < -0.4 is 10.1 Å². The monoisotopic (exact) mass is 391 g/mol. The molecule has 1 unspecified atom stereocenters. The second-order valence-corrected chi connectivity index (χ2v) is 6.05. The van der Waals surface area contributed by atoms with Crippen molar-refractivity contribution in [3.63, 3.8) is 0 Å². The number of methoxy groups -OCH3 is 1. The predicted octanol–water partition coefficient (Wildman–Crippen LogP) is 3.95. The fourth-order valence-corrected chi connectivity index (χ4v) is 2.42. The van der Waals surface area contributed by atoms with Crippen molar-refractivity contribution in [2.45, 2.75) is 20.0 Å². The number of aryl methyl sites for hydroxylation is 1. The molecule has 0 aliphatic heterocycles. The molecular weight excluding hydrogens is 374 g/mol. The molecule has 24 heavy (non-hydrogen) atoms. The van der Waals surface area contributed by atoms with Crippen LogP contribution in [0.3, 0.4) is 0 Å². The molecule has 5 nitrogen and oxygen atoms in total. The first-order valence-electron chi connectivity index (χ1n) is 7.33. The summed E-state index contributed by atoms with van der Waals surface area (Å²) >= 11 is 3.29. The number of carbonyl (C=O) groups is 2. The Morgan fingerprint density at radius 1 is 1.17 bits per heavy atom. The molecule has 0 aliphatic rings. The van der Waals surface area contributed by atoms with E-state index in [1.165, 1.54) is 14.0 Å². The summed E-state index contributed by atoms with van der Waals surface area (Å²) in [5, 5.41) is 2.75. The third-order valence-corrected chi connectivity index (χ3v) is 4.14. The Balaban J connectivity index is 2.06. The van der Waals surface area contributed by atoms with Crippen LogP contribution in [0, 0.1) is 6.92 Å². The molecule has 0 heterocycles. The van der Waals surface area contributed by atoms with Gasteiger partial charge >= 0.3 is 5.97 Å². The molecule has 0 bridgehead atoms. The van der Waals surface area contributed by atoms with Crippen LogP contribution in [0.1, 0.15) is 22.8 Å². The van der Waals surface area contributed by atoms with Crippen molar-refractivity contribution in [1.82, 2.24) is 0 Å². The van der Waals surface area contributed by atoms with Crippen molar-refractivity contribution < 1.29 is 19.1 Å². The summed E-state index contributed by atoms with van der Waals surface area (Å²) in [5.74, 6) is -0.466. The van der Waals surface area contributed by atoms with Gasteiger partial charge in [-0.25, -0.2) is 4.79 Å². The maximum atomic E-state index is 12.3. The van der Waals surface area contributed by atoms with Gasteiger partial charge in [-0.2, -0.15) is 0 Å². The van der Waals surface area contributed by atoms with E-state index in [1.54, 1.807) is 24.3 Å². The van der Waals surface area contributed by atoms with Crippen molar-refractivity contribution in [2.24, 2.45) is 0 Å². The molecule has 0 saturated carbocycles. The largest absolute Gasteiger partial charge is 0.497 e. The molecule has 0 aliphatic carbocycles. The lowest BCUT2D eigenvalue weighted by atomic mass is 10.2. The van der Waals surface area contributed by atoms with Crippen molar-refractivity contribution in [3.8, 4) is 5.75 Å². The van der Waals surface area contributed by atoms with E-state index in [0.29, 0.717) is 21.5 Å². The van der Waals surface area contributed by atoms with Gasteiger partial charge in [0.1, 0.15) is 5.75 Å². The average Bonchev–Trinajstić information content (AvgIpc) is 2.57. The highest BCUT2D eigenvalue weighted by Gasteiger charge is 2.21. The van der Waals surface area contributed by atoms with Crippen LogP contribution in [0.4, 0.5) is 5.69 Å². The van der Waals surface area contributed by atoms with Gasteiger partial charge in [0.05, 0.1) is 12.7 Å². The number of benzene rings is 2. The smallest absolute Gasteiger partial charge is 0.340 e. The van der Waals surface area contributed by atoms with E-state index in [1.807, 2.05) is 25.1 Å². The van der Waals surface area contributed by atoms with Crippen molar-refractivity contribution in [1.29, 1.82) is 0 Å². The first-order valence-corrected chi connectivity index (χ1v) is 8.12. The van der Waals surface area contributed by atoms with E-state index in [2.05, 4.69) is 21.2 Å². The number of amides is 1. The van der Waals surface area contributed by atoms with E-state index in [0.717, 1.165) is 5.56 Å². The molecule has 0 fully saturated rings. The number of hydrogen-bond acceptors (Lipinski definition) is 4. The molecule has 2 aromatic rings. The molecule has 2 aromatic carbocycles. The molecule has 0 saturated heterocycles. The zero-order valence-corrected chi connectivity index (χ0v) is 15.2. The first kappa shape index (κ1) is 18.0. The van der Waals surface area contributed by atoms with Gasteiger partial charge in [-0.1, -0.05) is 18.2 Å². The predicted molar refractivity (Wildman–Crippen MR) is 95.4 cm³/mol. The van der Waals surface area contributed by atoms with Crippen LogP contribution in [0.25, 0.3) is 0 Å². The molecule has 1 N–H and O–H groups in total. The Kier molecular flexibility index (Phi) is 5.98. The van der Waals surface area contributed by atoms with Gasteiger partial charge in [0, 0.05) is 10.2 Å². The van der Waals surface area contributed by atoms with Gasteiger partial charge in [0.2, 0.25) is 0 Å². The van der Waals surface area contributed by atoms with Crippen LogP contribution in [0.15, 0.2) is 46.9 Å². The number of rotatable bonds is 5. The molecule has 126 valence electrons. The van der Waals surface area contributed by atoms with E-state index < -0.39 is 18.0 Å². The second kappa shape index (κ2) is 7.97. The summed E-state index contributed by atoms with van der Waals surface area (Å²) in [6.07, 6.45) is -0.935. The van der Waals surface area contributed by atoms with Gasteiger partial charge in [0.25, 0.3) is 5.91 Å². The maximum Gasteiger partial charge on any atom is 0.340 e. The summed E-state index contributed by atoms with van der Waals surface area (Å²) in [5.41, 5.74) is 1.91. The van der Waals surface area contributed by atoms with Crippen molar-refractivity contribution in [2.75, 3.05) is 12.4 Å². The molecule has 0 spiro atoms. The van der Waals surface area contributed by atoms with Gasteiger partial charge in [-0.3, -0.25) is 4.79 Å². The topological polar surface area (TPSA) is 64.6 Å². The number of ether oxygens (including phenoxy) is 2. The van der Waals surface area contributed by atoms with Crippen LogP contribution in [-0.2, 0) is 9.53 Å². The van der Waals surface area contributed by atoms with Crippen LogP contribution in [-0.4, -0.2) is 25.1 Å². The molecule has 1 amide bonds. The minimum absolute atomic E-state index is 0.296. The molecule has 0 aromatic heterocycles. The summed E-state index contributed by atoms with van der Waals surface area (Å²) in [4.78, 5) is 24.5. The lowest BCUT2D eigenvalue weighted by molar-refractivity contribution is -0.123. The number of carbonyl (C=O) groups excluding carboxylic acids is 2. The van der Waals surface area contributed by atoms with E-state index in [9.17, 15) is 9.59 Å². The maximum absolute atomic E-state index is 12.3. The molecule has 6 heteroatoms. The quantitative estimate of drug-likeness (QED) is 0.783. The fraction of sp³-hybridized carbons (Fsp3) is 0.222. The Hall–Kier alpha value is -2.34. The van der Waals surface area contributed by atoms with Gasteiger partial charge in [-0.05, 0) is 59.6 Å². The first-order chi connectivity index (χ1) is 11.4. The van der Waals surface area contributed by atoms with E-state index in [4.69, 9.17) is 9.47 Å². The third-order valence-electron chi connectivity index (χ3n) is 3.45.